The molecule has 114 valence electrons. The van der Waals surface area contributed by atoms with Gasteiger partial charge in [-0.05, 0) is 41.3 Å². The Kier molecular flexibility index (Phi) is 5.67. The third kappa shape index (κ3) is 4.71. The summed E-state index contributed by atoms with van der Waals surface area (Å²) < 4.78 is 5.04. The topological polar surface area (TPSA) is 79.8 Å². The summed E-state index contributed by atoms with van der Waals surface area (Å²) in [4.78, 5) is 23.8. The molecule has 2 N–H and O–H groups in total. The molecule has 0 aliphatic rings. The van der Waals surface area contributed by atoms with E-state index in [0.29, 0.717) is 4.88 Å². The fourth-order valence-electron chi connectivity index (χ4n) is 1.56. The van der Waals surface area contributed by atoms with Gasteiger partial charge in [-0.15, -0.1) is 11.3 Å². The first-order valence-electron chi connectivity index (χ1n) is 6.46. The van der Waals surface area contributed by atoms with E-state index in [0.717, 1.165) is 11.3 Å². The van der Waals surface area contributed by atoms with Crippen LogP contribution >= 0.6 is 11.3 Å². The van der Waals surface area contributed by atoms with E-state index in [9.17, 15) is 9.59 Å². The number of ether oxygens (including phenoxy) is 1. The van der Waals surface area contributed by atoms with Gasteiger partial charge in [-0.25, -0.2) is 5.43 Å². The molecule has 2 rings (SSSR count). The van der Waals surface area contributed by atoms with Crippen LogP contribution in [-0.4, -0.2) is 31.7 Å². The van der Waals surface area contributed by atoms with Crippen molar-refractivity contribution in [1.29, 1.82) is 0 Å². The molecule has 0 bridgehead atoms. The van der Waals surface area contributed by atoms with Crippen molar-refractivity contribution in [3.63, 3.8) is 0 Å². The smallest absolute Gasteiger partial charge is 0.261 e. The maximum absolute atomic E-state index is 11.6. The van der Waals surface area contributed by atoms with Crippen LogP contribution in [0.3, 0.4) is 0 Å². The average Bonchev–Trinajstić information content (AvgIpc) is 3.08. The Morgan fingerprint density at radius 3 is 2.68 bits per heavy atom. The van der Waals surface area contributed by atoms with Crippen molar-refractivity contribution in [2.24, 2.45) is 5.10 Å². The number of benzene rings is 1. The maximum Gasteiger partial charge on any atom is 0.261 e. The second-order valence-electron chi connectivity index (χ2n) is 4.23. The lowest BCUT2D eigenvalue weighted by molar-refractivity contribution is -0.120. The Morgan fingerprint density at radius 1 is 1.27 bits per heavy atom. The lowest BCUT2D eigenvalue weighted by atomic mass is 10.2. The molecule has 0 spiro atoms. The molecule has 0 radical (unpaired) electrons. The van der Waals surface area contributed by atoms with Crippen molar-refractivity contribution < 1.29 is 14.3 Å². The van der Waals surface area contributed by atoms with Crippen LogP contribution in [0, 0.1) is 0 Å². The molecule has 1 heterocycles. The lowest BCUT2D eigenvalue weighted by Crippen LogP contribution is -2.34. The molecular formula is C15H15N3O3S. The van der Waals surface area contributed by atoms with E-state index in [1.807, 2.05) is 12.1 Å². The molecule has 0 atom stereocenters. The Hall–Kier alpha value is -2.67. The number of nitrogens with one attached hydrogen (secondary N) is 2. The summed E-state index contributed by atoms with van der Waals surface area (Å²) in [6.07, 6.45) is 1.51. The minimum atomic E-state index is -0.394. The van der Waals surface area contributed by atoms with Gasteiger partial charge in [0.2, 0.25) is 0 Å². The van der Waals surface area contributed by atoms with E-state index >= 15 is 0 Å². The van der Waals surface area contributed by atoms with Gasteiger partial charge in [-0.2, -0.15) is 5.10 Å². The van der Waals surface area contributed by atoms with Crippen LogP contribution in [0.25, 0.3) is 0 Å². The molecule has 6 nitrogen and oxygen atoms in total. The summed E-state index contributed by atoms with van der Waals surface area (Å²) in [6, 6.07) is 10.7. The monoisotopic (exact) mass is 317 g/mol. The number of amides is 2. The SMILES string of the molecule is COc1ccc(C=NNC(=O)CNC(=O)c2cccs2)cc1. The number of hydrogen-bond donors (Lipinski definition) is 2. The molecule has 22 heavy (non-hydrogen) atoms. The van der Waals surface area contributed by atoms with Gasteiger partial charge in [-0.3, -0.25) is 9.59 Å². The average molecular weight is 317 g/mol. The molecule has 0 saturated heterocycles. The Bertz CT molecular complexity index is 651. The minimum absolute atomic E-state index is 0.128. The zero-order valence-electron chi connectivity index (χ0n) is 11.9. The molecule has 0 aliphatic carbocycles. The van der Waals surface area contributed by atoms with Crippen LogP contribution < -0.4 is 15.5 Å². The number of carbonyl (C=O) groups excluding carboxylic acids is 2. The van der Waals surface area contributed by atoms with E-state index in [1.54, 1.807) is 36.8 Å². The molecule has 7 heteroatoms. The lowest BCUT2D eigenvalue weighted by Gasteiger charge is -2.02. The summed E-state index contributed by atoms with van der Waals surface area (Å²) in [5.74, 6) is 0.0800. The van der Waals surface area contributed by atoms with Crippen LogP contribution in [0.1, 0.15) is 15.2 Å². The van der Waals surface area contributed by atoms with Gasteiger partial charge < -0.3 is 10.1 Å². The van der Waals surface area contributed by atoms with Gasteiger partial charge >= 0.3 is 0 Å². The highest BCUT2D eigenvalue weighted by Crippen LogP contribution is 2.09. The second kappa shape index (κ2) is 7.94. The molecular weight excluding hydrogens is 302 g/mol. The number of methoxy groups -OCH3 is 1. The van der Waals surface area contributed by atoms with E-state index < -0.39 is 5.91 Å². The van der Waals surface area contributed by atoms with Gasteiger partial charge in [0.05, 0.1) is 24.7 Å². The van der Waals surface area contributed by atoms with Crippen molar-refractivity contribution in [3.05, 3.63) is 52.2 Å². The molecule has 1 aromatic heterocycles. The minimum Gasteiger partial charge on any atom is -0.497 e. The number of rotatable bonds is 6. The fourth-order valence-corrected chi connectivity index (χ4v) is 2.20. The van der Waals surface area contributed by atoms with E-state index in [2.05, 4.69) is 15.8 Å². The quantitative estimate of drug-likeness (QED) is 0.628. The summed E-state index contributed by atoms with van der Waals surface area (Å²) in [6.45, 7) is -0.128. The summed E-state index contributed by atoms with van der Waals surface area (Å²) >= 11 is 1.32. The van der Waals surface area contributed by atoms with Crippen LogP contribution in [-0.2, 0) is 4.79 Å². The van der Waals surface area contributed by atoms with E-state index in [-0.39, 0.29) is 12.5 Å². The van der Waals surface area contributed by atoms with Crippen LogP contribution in [0.4, 0.5) is 0 Å². The largest absolute Gasteiger partial charge is 0.497 e. The fraction of sp³-hybridized carbons (Fsp3) is 0.133. The molecule has 0 saturated carbocycles. The first-order chi connectivity index (χ1) is 10.7. The summed E-state index contributed by atoms with van der Waals surface area (Å²) in [5, 5.41) is 8.14. The number of hydrogen-bond acceptors (Lipinski definition) is 5. The highest BCUT2D eigenvalue weighted by Gasteiger charge is 2.07. The summed E-state index contributed by atoms with van der Waals surface area (Å²) in [7, 11) is 1.59. The van der Waals surface area contributed by atoms with Gasteiger partial charge in [0.25, 0.3) is 11.8 Å². The second-order valence-corrected chi connectivity index (χ2v) is 5.17. The highest BCUT2D eigenvalue weighted by molar-refractivity contribution is 7.12. The zero-order valence-corrected chi connectivity index (χ0v) is 12.7. The molecule has 2 aromatic rings. The number of hydrazone groups is 1. The highest BCUT2D eigenvalue weighted by atomic mass is 32.1. The van der Waals surface area contributed by atoms with Crippen molar-refractivity contribution in [3.8, 4) is 5.75 Å². The normalized spacial score (nSPS) is 10.4. The Balaban J connectivity index is 1.75. The third-order valence-electron chi connectivity index (χ3n) is 2.67. The standard InChI is InChI=1S/C15H15N3O3S/c1-21-12-6-4-11(5-7-12)9-17-18-14(19)10-16-15(20)13-3-2-8-22-13/h2-9H,10H2,1H3,(H,16,20)(H,18,19). The molecule has 2 amide bonds. The third-order valence-corrected chi connectivity index (χ3v) is 3.54. The molecule has 0 unspecified atom stereocenters. The van der Waals surface area contributed by atoms with Crippen molar-refractivity contribution in [2.75, 3.05) is 13.7 Å². The predicted molar refractivity (Wildman–Crippen MR) is 85.4 cm³/mol. The predicted octanol–water partition coefficient (Wildman–Crippen LogP) is 1.64. The number of thiophene rings is 1. The molecule has 0 aliphatic heterocycles. The van der Waals surface area contributed by atoms with Gasteiger partial charge in [-0.1, -0.05) is 6.07 Å². The van der Waals surface area contributed by atoms with Gasteiger partial charge in [0, 0.05) is 0 Å². The molecule has 1 aromatic carbocycles. The zero-order chi connectivity index (χ0) is 15.8. The van der Waals surface area contributed by atoms with Crippen molar-refractivity contribution in [2.45, 2.75) is 0 Å². The first kappa shape index (κ1) is 15.7. The van der Waals surface area contributed by atoms with Gasteiger partial charge in [0.15, 0.2) is 0 Å². The van der Waals surface area contributed by atoms with Crippen LogP contribution in [0.5, 0.6) is 5.75 Å². The van der Waals surface area contributed by atoms with Crippen LogP contribution in [0.2, 0.25) is 0 Å². The van der Waals surface area contributed by atoms with Crippen molar-refractivity contribution in [1.82, 2.24) is 10.7 Å². The first-order valence-corrected chi connectivity index (χ1v) is 7.34. The van der Waals surface area contributed by atoms with E-state index in [1.165, 1.54) is 17.6 Å². The van der Waals surface area contributed by atoms with Crippen LogP contribution in [0.15, 0.2) is 46.9 Å². The summed E-state index contributed by atoms with van der Waals surface area (Å²) in [5.41, 5.74) is 3.17. The van der Waals surface area contributed by atoms with Gasteiger partial charge in [0.1, 0.15) is 5.75 Å². The molecule has 0 fully saturated rings. The van der Waals surface area contributed by atoms with Crippen molar-refractivity contribution >= 4 is 29.4 Å². The Morgan fingerprint density at radius 2 is 2.05 bits per heavy atom. The number of nitrogens with zero attached hydrogens (tertiary/aromatic N) is 1. The Labute approximate surface area is 131 Å². The number of carbonyl (C=O) groups is 2. The maximum atomic E-state index is 11.6. The van der Waals surface area contributed by atoms with E-state index in [4.69, 9.17) is 4.74 Å².